The van der Waals surface area contributed by atoms with Crippen LogP contribution in [0.5, 0.6) is 11.5 Å². The Balaban J connectivity index is 2.07. The molecule has 0 spiro atoms. The fourth-order valence-corrected chi connectivity index (χ4v) is 3.30. The summed E-state index contributed by atoms with van der Waals surface area (Å²) in [6.45, 7) is 10.2. The molecule has 1 fully saturated rings. The van der Waals surface area contributed by atoms with Gasteiger partial charge in [0.15, 0.2) is 11.5 Å². The van der Waals surface area contributed by atoms with E-state index in [0.29, 0.717) is 15.6 Å². The normalized spacial score (nSPS) is 20.4. The van der Waals surface area contributed by atoms with E-state index in [1.165, 1.54) is 12.0 Å². The van der Waals surface area contributed by atoms with Crippen LogP contribution < -0.4 is 4.74 Å². The number of aromatic hydroxyl groups is 1. The van der Waals surface area contributed by atoms with Gasteiger partial charge in [-0.05, 0) is 57.9 Å². The third-order valence-electron chi connectivity index (χ3n) is 4.21. The van der Waals surface area contributed by atoms with E-state index in [4.69, 9.17) is 4.74 Å². The summed E-state index contributed by atoms with van der Waals surface area (Å²) in [6, 6.07) is 3.90. The summed E-state index contributed by atoms with van der Waals surface area (Å²) < 4.78 is 5.90. The van der Waals surface area contributed by atoms with Gasteiger partial charge in [0.2, 0.25) is 0 Å². The third kappa shape index (κ3) is 3.47. The van der Waals surface area contributed by atoms with E-state index in [0.717, 1.165) is 25.6 Å². The first-order valence-corrected chi connectivity index (χ1v) is 7.88. The molecule has 1 saturated heterocycles. The number of likely N-dealkylation sites (tertiary alicyclic amines) is 1. The van der Waals surface area contributed by atoms with Gasteiger partial charge in [0.1, 0.15) is 0 Å². The molecule has 0 bridgehead atoms. The lowest BCUT2D eigenvalue weighted by Gasteiger charge is -2.27. The first kappa shape index (κ1) is 15.6. The van der Waals surface area contributed by atoms with Gasteiger partial charge in [0, 0.05) is 13.1 Å². The van der Waals surface area contributed by atoms with E-state index in [1.54, 1.807) is 7.11 Å². The summed E-state index contributed by atoms with van der Waals surface area (Å²) in [5, 5.41) is 9.85. The number of phenols is 1. The number of halogens is 1. The number of benzene rings is 1. The molecule has 3 nitrogen and oxygen atoms in total. The van der Waals surface area contributed by atoms with Gasteiger partial charge in [-0.3, -0.25) is 4.90 Å². The summed E-state index contributed by atoms with van der Waals surface area (Å²) in [6.07, 6.45) is 1.26. The number of methoxy groups -OCH3 is 1. The maximum atomic E-state index is 9.85. The fourth-order valence-electron chi connectivity index (χ4n) is 2.82. The SMILES string of the molecule is COc1cc(CN2CCC(C(C)(C)C)C2)cc(Br)c1O. The van der Waals surface area contributed by atoms with Crippen molar-refractivity contribution < 1.29 is 9.84 Å². The lowest BCUT2D eigenvalue weighted by molar-refractivity contribution is 0.226. The highest BCUT2D eigenvalue weighted by Crippen LogP contribution is 2.37. The highest BCUT2D eigenvalue weighted by atomic mass is 79.9. The Morgan fingerprint density at radius 2 is 2.10 bits per heavy atom. The van der Waals surface area contributed by atoms with E-state index in [2.05, 4.69) is 41.6 Å². The minimum Gasteiger partial charge on any atom is -0.503 e. The largest absolute Gasteiger partial charge is 0.503 e. The van der Waals surface area contributed by atoms with Crippen LogP contribution in [-0.2, 0) is 6.54 Å². The maximum Gasteiger partial charge on any atom is 0.172 e. The Hall–Kier alpha value is -0.740. The van der Waals surface area contributed by atoms with Crippen molar-refractivity contribution in [3.8, 4) is 11.5 Å². The molecule has 2 rings (SSSR count). The number of hydrogen-bond acceptors (Lipinski definition) is 3. The Kier molecular flexibility index (Phi) is 4.65. The van der Waals surface area contributed by atoms with Crippen LogP contribution in [0, 0.1) is 11.3 Å². The molecule has 0 radical (unpaired) electrons. The summed E-state index contributed by atoms with van der Waals surface area (Å²) in [7, 11) is 1.58. The maximum absolute atomic E-state index is 9.85. The highest BCUT2D eigenvalue weighted by Gasteiger charge is 2.31. The van der Waals surface area contributed by atoms with Gasteiger partial charge < -0.3 is 9.84 Å². The smallest absolute Gasteiger partial charge is 0.172 e. The van der Waals surface area contributed by atoms with Gasteiger partial charge >= 0.3 is 0 Å². The number of hydrogen-bond donors (Lipinski definition) is 1. The molecular weight excluding hydrogens is 318 g/mol. The van der Waals surface area contributed by atoms with Crippen molar-refractivity contribution in [3.05, 3.63) is 22.2 Å². The predicted molar refractivity (Wildman–Crippen MR) is 85.2 cm³/mol. The van der Waals surface area contributed by atoms with E-state index >= 15 is 0 Å². The average molecular weight is 342 g/mol. The van der Waals surface area contributed by atoms with Crippen LogP contribution in [-0.4, -0.2) is 30.2 Å². The van der Waals surface area contributed by atoms with Crippen molar-refractivity contribution in [1.82, 2.24) is 4.90 Å². The van der Waals surface area contributed by atoms with Crippen molar-refractivity contribution >= 4 is 15.9 Å². The van der Waals surface area contributed by atoms with Crippen molar-refractivity contribution in [3.63, 3.8) is 0 Å². The number of ether oxygens (including phenoxy) is 1. The Morgan fingerprint density at radius 1 is 1.40 bits per heavy atom. The summed E-state index contributed by atoms with van der Waals surface area (Å²) in [5.41, 5.74) is 1.54. The molecule has 1 heterocycles. The van der Waals surface area contributed by atoms with Gasteiger partial charge in [-0.1, -0.05) is 20.8 Å². The fraction of sp³-hybridized carbons (Fsp3) is 0.625. The topological polar surface area (TPSA) is 32.7 Å². The highest BCUT2D eigenvalue weighted by molar-refractivity contribution is 9.10. The monoisotopic (exact) mass is 341 g/mol. The minimum atomic E-state index is 0.172. The molecule has 0 saturated carbocycles. The van der Waals surface area contributed by atoms with Gasteiger partial charge in [-0.2, -0.15) is 0 Å². The molecule has 0 aliphatic carbocycles. The second kappa shape index (κ2) is 5.94. The Bertz CT molecular complexity index is 482. The quantitative estimate of drug-likeness (QED) is 0.900. The molecule has 4 heteroatoms. The van der Waals surface area contributed by atoms with Crippen molar-refractivity contribution in [2.24, 2.45) is 11.3 Å². The first-order valence-electron chi connectivity index (χ1n) is 7.09. The molecular formula is C16H24BrNO2. The lowest BCUT2D eigenvalue weighted by Crippen LogP contribution is -2.25. The van der Waals surface area contributed by atoms with Crippen LogP contribution >= 0.6 is 15.9 Å². The van der Waals surface area contributed by atoms with Crippen LogP contribution in [0.25, 0.3) is 0 Å². The van der Waals surface area contributed by atoms with Crippen LogP contribution in [0.4, 0.5) is 0 Å². The molecule has 1 N–H and O–H groups in total. The van der Waals surface area contributed by atoms with E-state index in [9.17, 15) is 5.11 Å². The van der Waals surface area contributed by atoms with Crippen molar-refractivity contribution in [2.75, 3.05) is 20.2 Å². The van der Waals surface area contributed by atoms with E-state index in [1.807, 2.05) is 12.1 Å². The average Bonchev–Trinajstić information content (AvgIpc) is 2.82. The molecule has 1 aromatic carbocycles. The van der Waals surface area contributed by atoms with Crippen LogP contribution in [0.3, 0.4) is 0 Å². The second-order valence-corrected chi connectivity index (χ2v) is 7.57. The van der Waals surface area contributed by atoms with Gasteiger partial charge in [0.05, 0.1) is 11.6 Å². The second-order valence-electron chi connectivity index (χ2n) is 6.72. The van der Waals surface area contributed by atoms with Crippen LogP contribution in [0.1, 0.15) is 32.8 Å². The van der Waals surface area contributed by atoms with Gasteiger partial charge in [-0.15, -0.1) is 0 Å². The molecule has 1 aromatic rings. The standard InChI is InChI=1S/C16H24BrNO2/c1-16(2,3)12-5-6-18(10-12)9-11-7-13(17)15(19)14(8-11)20-4/h7-8,12,19H,5-6,9-10H2,1-4H3. The molecule has 1 atom stereocenters. The first-order chi connectivity index (χ1) is 9.31. The number of nitrogens with zero attached hydrogens (tertiary/aromatic N) is 1. The summed E-state index contributed by atoms with van der Waals surface area (Å²) in [5.74, 6) is 1.45. The molecule has 0 amide bonds. The van der Waals surface area contributed by atoms with E-state index in [-0.39, 0.29) is 5.75 Å². The zero-order valence-corrected chi connectivity index (χ0v) is 14.3. The zero-order chi connectivity index (χ0) is 14.9. The molecule has 1 unspecified atom stereocenters. The summed E-state index contributed by atoms with van der Waals surface area (Å²) in [4.78, 5) is 2.48. The Morgan fingerprint density at radius 3 is 2.65 bits per heavy atom. The van der Waals surface area contributed by atoms with Crippen LogP contribution in [0.2, 0.25) is 0 Å². The lowest BCUT2D eigenvalue weighted by atomic mass is 9.80. The van der Waals surface area contributed by atoms with Crippen molar-refractivity contribution in [2.45, 2.75) is 33.7 Å². The number of phenolic OH excluding ortho intramolecular Hbond substituents is 1. The summed E-state index contributed by atoms with van der Waals surface area (Å²) >= 11 is 3.38. The molecule has 112 valence electrons. The number of rotatable bonds is 3. The minimum absolute atomic E-state index is 0.172. The van der Waals surface area contributed by atoms with Crippen LogP contribution in [0.15, 0.2) is 16.6 Å². The molecule has 0 aromatic heterocycles. The van der Waals surface area contributed by atoms with Crippen molar-refractivity contribution in [1.29, 1.82) is 0 Å². The van der Waals surface area contributed by atoms with Gasteiger partial charge in [-0.25, -0.2) is 0 Å². The van der Waals surface area contributed by atoms with Gasteiger partial charge in [0.25, 0.3) is 0 Å². The predicted octanol–water partition coefficient (Wildman–Crippen LogP) is 4.03. The third-order valence-corrected chi connectivity index (χ3v) is 4.82. The van der Waals surface area contributed by atoms with E-state index < -0.39 is 0 Å². The zero-order valence-electron chi connectivity index (χ0n) is 12.7. The molecule has 1 aliphatic rings. The molecule has 1 aliphatic heterocycles. The Labute approximate surface area is 130 Å². The molecule has 20 heavy (non-hydrogen) atoms.